The predicted molar refractivity (Wildman–Crippen MR) is 160 cm³/mol. The molecule has 0 spiro atoms. The van der Waals surface area contributed by atoms with Crippen molar-refractivity contribution in [1.82, 2.24) is 4.90 Å². The number of azide groups is 3. The molecular weight excluding hydrogens is 568 g/mol. The normalized spacial score (nSPS) is 28.7. The van der Waals surface area contributed by atoms with Crippen LogP contribution in [0.15, 0.2) is 76.0 Å². The molecule has 2 fully saturated rings. The summed E-state index contributed by atoms with van der Waals surface area (Å²) in [6.45, 7) is 2.26. The van der Waals surface area contributed by atoms with E-state index in [0.29, 0.717) is 19.3 Å². The molecule has 1 saturated heterocycles. The highest BCUT2D eigenvalue weighted by atomic mass is 16.6. The number of nitrogens with zero attached hydrogens (tertiary/aromatic N) is 10. The minimum absolute atomic E-state index is 0.0340. The van der Waals surface area contributed by atoms with Crippen molar-refractivity contribution < 1.29 is 24.5 Å². The molecule has 15 nitrogen and oxygen atoms in total. The second-order valence-electron chi connectivity index (χ2n) is 11.0. The molecule has 2 aliphatic rings. The summed E-state index contributed by atoms with van der Waals surface area (Å²) in [5.74, 6) is -0.977. The number of hydrogen-bond donors (Lipinski definition) is 2. The van der Waals surface area contributed by atoms with Gasteiger partial charge in [0, 0.05) is 33.2 Å². The lowest BCUT2D eigenvalue weighted by atomic mass is 9.72. The highest BCUT2D eigenvalue weighted by molar-refractivity contribution is 5.68. The summed E-state index contributed by atoms with van der Waals surface area (Å²) in [6, 6.07) is 15.7. The molecule has 1 heterocycles. The van der Waals surface area contributed by atoms with E-state index in [0.717, 1.165) is 11.1 Å². The monoisotopic (exact) mass is 604 g/mol. The number of carbonyl (C=O) groups excluding carboxylic acids is 1. The third-order valence-electron chi connectivity index (χ3n) is 8.39. The summed E-state index contributed by atoms with van der Waals surface area (Å²) in [5.41, 5.74) is 29.3. The topological polar surface area (TPSA) is 226 Å². The molecule has 232 valence electrons. The van der Waals surface area contributed by atoms with Gasteiger partial charge in [-0.25, -0.2) is 4.79 Å². The van der Waals surface area contributed by atoms with Gasteiger partial charge in [-0.3, -0.25) is 4.90 Å². The van der Waals surface area contributed by atoms with Gasteiger partial charge in [0.15, 0.2) is 0 Å². The first kappa shape index (κ1) is 32.4. The zero-order valence-electron chi connectivity index (χ0n) is 24.3. The Balaban J connectivity index is 1.64. The fourth-order valence-electron chi connectivity index (χ4n) is 6.28. The van der Waals surface area contributed by atoms with Gasteiger partial charge in [0.25, 0.3) is 0 Å². The molecule has 15 heteroatoms. The summed E-state index contributed by atoms with van der Waals surface area (Å²) >= 11 is 0. The van der Waals surface area contributed by atoms with Crippen molar-refractivity contribution in [2.75, 3.05) is 0 Å². The third-order valence-corrected chi connectivity index (χ3v) is 8.39. The van der Waals surface area contributed by atoms with E-state index in [9.17, 15) is 26.1 Å². The van der Waals surface area contributed by atoms with Crippen LogP contribution >= 0.6 is 0 Å². The van der Waals surface area contributed by atoms with Crippen molar-refractivity contribution in [3.63, 3.8) is 0 Å². The minimum atomic E-state index is -1.51. The second kappa shape index (κ2) is 15.8. The highest BCUT2D eigenvalue weighted by Crippen LogP contribution is 2.40. The van der Waals surface area contributed by atoms with Crippen LogP contribution in [-0.2, 0) is 22.6 Å². The van der Waals surface area contributed by atoms with Crippen LogP contribution in [0.25, 0.3) is 31.3 Å². The second-order valence-corrected chi connectivity index (χ2v) is 11.0. The van der Waals surface area contributed by atoms with Crippen molar-refractivity contribution in [2.24, 2.45) is 21.3 Å². The van der Waals surface area contributed by atoms with Crippen LogP contribution < -0.4 is 0 Å². The van der Waals surface area contributed by atoms with Gasteiger partial charge in [0.05, 0.1) is 42.5 Å². The van der Waals surface area contributed by atoms with Gasteiger partial charge in [-0.05, 0) is 53.4 Å². The van der Waals surface area contributed by atoms with Gasteiger partial charge < -0.3 is 19.7 Å². The molecule has 0 bridgehead atoms. The average Bonchev–Trinajstić information content (AvgIpc) is 3.04. The zero-order chi connectivity index (χ0) is 31.5. The van der Waals surface area contributed by atoms with Gasteiger partial charge in [-0.15, -0.1) is 0 Å². The number of benzene rings is 2. The van der Waals surface area contributed by atoms with Crippen LogP contribution in [0.2, 0.25) is 0 Å². The van der Waals surface area contributed by atoms with E-state index in [1.165, 1.54) is 0 Å². The molecule has 4 rings (SSSR count). The molecule has 0 aromatic heterocycles. The van der Waals surface area contributed by atoms with Crippen molar-refractivity contribution >= 4 is 6.09 Å². The Bertz CT molecular complexity index is 1380. The van der Waals surface area contributed by atoms with Crippen molar-refractivity contribution in [2.45, 2.75) is 94.3 Å². The molecule has 2 aromatic rings. The van der Waals surface area contributed by atoms with Gasteiger partial charge in [0.2, 0.25) is 0 Å². The SMILES string of the molecule is CC[C@@H]([C@@H]1CCC(N=[N+]=[N-])[C@@H](C2C(N=[N+]=[N-])CC(N=[N+]=[N-])[C@H](O)[C@H]2O)O1)N(Cc1ccccc1)C(=O)OCc1ccccc1. The maximum atomic E-state index is 13.7. The van der Waals surface area contributed by atoms with Gasteiger partial charge in [-0.2, -0.15) is 0 Å². The largest absolute Gasteiger partial charge is 0.445 e. The maximum Gasteiger partial charge on any atom is 0.410 e. The van der Waals surface area contributed by atoms with Crippen molar-refractivity contribution in [3.05, 3.63) is 103 Å². The van der Waals surface area contributed by atoms with Gasteiger partial charge >= 0.3 is 6.09 Å². The van der Waals surface area contributed by atoms with E-state index >= 15 is 0 Å². The first-order valence-electron chi connectivity index (χ1n) is 14.6. The average molecular weight is 605 g/mol. The molecule has 2 N–H and O–H groups in total. The minimum Gasteiger partial charge on any atom is -0.445 e. The van der Waals surface area contributed by atoms with E-state index in [2.05, 4.69) is 30.1 Å². The Kier molecular flexibility index (Phi) is 11.7. The van der Waals surface area contributed by atoms with Gasteiger partial charge in [-0.1, -0.05) is 82.9 Å². The van der Waals surface area contributed by atoms with Gasteiger partial charge in [0.1, 0.15) is 6.61 Å². The fourth-order valence-corrected chi connectivity index (χ4v) is 6.28. The van der Waals surface area contributed by atoms with E-state index in [-0.39, 0.29) is 19.6 Å². The molecule has 44 heavy (non-hydrogen) atoms. The molecular formula is C29H36N10O5. The zero-order valence-corrected chi connectivity index (χ0v) is 24.3. The molecule has 1 saturated carbocycles. The fraction of sp³-hybridized carbons (Fsp3) is 0.552. The first-order valence-corrected chi connectivity index (χ1v) is 14.6. The quantitative estimate of drug-likeness (QED) is 0.180. The number of ether oxygens (including phenoxy) is 2. The van der Waals surface area contributed by atoms with E-state index in [1.807, 2.05) is 67.6 Å². The molecule has 1 aliphatic carbocycles. The van der Waals surface area contributed by atoms with Crippen LogP contribution in [0.5, 0.6) is 0 Å². The lowest BCUT2D eigenvalue weighted by Crippen LogP contribution is -2.60. The molecule has 4 unspecified atom stereocenters. The Morgan fingerprint density at radius 1 is 0.909 bits per heavy atom. The first-order chi connectivity index (χ1) is 21.4. The number of aliphatic hydroxyl groups is 2. The van der Waals surface area contributed by atoms with Crippen molar-refractivity contribution in [3.8, 4) is 0 Å². The summed E-state index contributed by atoms with van der Waals surface area (Å²) in [5, 5.41) is 33.3. The molecule has 9 atom stereocenters. The Hall–Kier alpha value is -4.48. The third kappa shape index (κ3) is 7.72. The predicted octanol–water partition coefficient (Wildman–Crippen LogP) is 5.93. The highest BCUT2D eigenvalue weighted by Gasteiger charge is 2.51. The van der Waals surface area contributed by atoms with Crippen LogP contribution in [0.4, 0.5) is 4.79 Å². The van der Waals surface area contributed by atoms with Crippen LogP contribution in [0.1, 0.15) is 43.7 Å². The van der Waals surface area contributed by atoms with E-state index < -0.39 is 60.6 Å². The van der Waals surface area contributed by atoms with E-state index in [1.54, 1.807) is 4.90 Å². The summed E-state index contributed by atoms with van der Waals surface area (Å²) < 4.78 is 12.3. The number of aliphatic hydroxyl groups excluding tert-OH is 2. The van der Waals surface area contributed by atoms with Crippen LogP contribution in [0, 0.1) is 5.92 Å². The Labute approximate surface area is 254 Å². The van der Waals surface area contributed by atoms with Crippen LogP contribution in [-0.4, -0.2) is 69.8 Å². The number of amides is 1. The molecule has 0 radical (unpaired) electrons. The maximum absolute atomic E-state index is 13.7. The Morgan fingerprint density at radius 2 is 1.50 bits per heavy atom. The molecule has 1 amide bonds. The summed E-state index contributed by atoms with van der Waals surface area (Å²) in [7, 11) is 0. The van der Waals surface area contributed by atoms with Crippen LogP contribution in [0.3, 0.4) is 0 Å². The van der Waals surface area contributed by atoms with Crippen molar-refractivity contribution in [1.29, 1.82) is 0 Å². The number of hydrogen-bond acceptors (Lipinski definition) is 8. The smallest absolute Gasteiger partial charge is 0.410 e. The molecule has 1 aliphatic heterocycles. The standard InChI is InChI=1S/C29H36N10O5/c1-2-23(39(16-18-9-5-3-6-10-18)29(42)43-17-19-11-7-4-8-12-19)24-14-13-20(33-36-30)28(44-24)25-21(34-37-31)15-22(35-38-32)26(40)27(25)41/h3-12,20-28,40-41H,2,13-17H2,1H3/t20?,21?,22?,23-,24-,25?,26-,27-,28-/m0/s1. The molecule has 2 aromatic carbocycles. The number of rotatable bonds is 11. The lowest BCUT2D eigenvalue weighted by Gasteiger charge is -2.49. The Morgan fingerprint density at radius 3 is 2.11 bits per heavy atom. The lowest BCUT2D eigenvalue weighted by molar-refractivity contribution is -0.165. The number of carbonyl (C=O) groups is 1. The van der Waals surface area contributed by atoms with E-state index in [4.69, 9.17) is 15.0 Å². The summed E-state index contributed by atoms with van der Waals surface area (Å²) in [4.78, 5) is 23.9. The summed E-state index contributed by atoms with van der Waals surface area (Å²) in [6.07, 6.45) is -3.80.